The largest absolute Gasteiger partial charge is 0.435 e. The average molecular weight is 536 g/mol. The van der Waals surface area contributed by atoms with E-state index in [-0.39, 0.29) is 33.8 Å². The Labute approximate surface area is 216 Å². The number of nitrogens with zero attached hydrogens (tertiary/aromatic N) is 3. The average Bonchev–Trinajstić information content (AvgIpc) is 3.42. The van der Waals surface area contributed by atoms with Gasteiger partial charge in [0.25, 0.3) is 11.5 Å². The van der Waals surface area contributed by atoms with Gasteiger partial charge in [-0.05, 0) is 61.2 Å². The molecule has 0 spiro atoms. The molecule has 4 rings (SSSR count). The van der Waals surface area contributed by atoms with Crippen LogP contribution in [0.2, 0.25) is 10.0 Å². The predicted molar refractivity (Wildman–Crippen MR) is 131 cm³/mol. The van der Waals surface area contributed by atoms with E-state index in [1.165, 1.54) is 6.07 Å². The summed E-state index contributed by atoms with van der Waals surface area (Å²) in [6.07, 6.45) is -2.32. The first-order valence-electron chi connectivity index (χ1n) is 11.1. The van der Waals surface area contributed by atoms with Crippen LogP contribution in [0.4, 0.5) is 13.2 Å². The van der Waals surface area contributed by atoms with Crippen molar-refractivity contribution in [2.75, 3.05) is 13.1 Å². The molecule has 1 fully saturated rings. The van der Waals surface area contributed by atoms with E-state index in [9.17, 15) is 23.2 Å². The van der Waals surface area contributed by atoms with Crippen LogP contribution in [0, 0.1) is 23.7 Å². The van der Waals surface area contributed by atoms with Crippen molar-refractivity contribution in [3.05, 3.63) is 81.4 Å². The number of carbonyl (C=O) groups is 1. The molecule has 0 aromatic heterocycles. The second-order valence-corrected chi connectivity index (χ2v) is 10.1. The Morgan fingerprint density at radius 1 is 1.25 bits per heavy atom. The first-order chi connectivity index (χ1) is 16.9. The van der Waals surface area contributed by atoms with Gasteiger partial charge in [0.05, 0.1) is 17.2 Å². The number of rotatable bonds is 7. The fourth-order valence-electron chi connectivity index (χ4n) is 4.30. The van der Waals surface area contributed by atoms with Crippen molar-refractivity contribution in [3.8, 4) is 6.07 Å². The van der Waals surface area contributed by atoms with Crippen LogP contribution in [0.5, 0.6) is 0 Å². The highest BCUT2D eigenvalue weighted by molar-refractivity contribution is 6.34. The Kier molecular flexibility index (Phi) is 6.84. The second kappa shape index (κ2) is 9.45. The van der Waals surface area contributed by atoms with Crippen LogP contribution >= 0.6 is 23.2 Å². The number of carbonyl (C=O) groups excluding carboxylic acids is 1. The van der Waals surface area contributed by atoms with Gasteiger partial charge in [0.2, 0.25) is 0 Å². The third-order valence-electron chi connectivity index (χ3n) is 6.53. The molecule has 1 saturated carbocycles. The summed E-state index contributed by atoms with van der Waals surface area (Å²) >= 11 is 11.9. The first kappa shape index (κ1) is 26.1. The van der Waals surface area contributed by atoms with E-state index in [0.29, 0.717) is 23.2 Å². The van der Waals surface area contributed by atoms with Gasteiger partial charge in [-0.25, -0.2) is 0 Å². The van der Waals surface area contributed by atoms with Crippen molar-refractivity contribution in [2.24, 2.45) is 10.6 Å². The molecular weight excluding hydrogens is 514 g/mol. The van der Waals surface area contributed by atoms with Crippen LogP contribution < -0.4 is 0 Å². The van der Waals surface area contributed by atoms with Gasteiger partial charge in [0.15, 0.2) is 0 Å². The Morgan fingerprint density at radius 2 is 1.92 bits per heavy atom. The summed E-state index contributed by atoms with van der Waals surface area (Å²) < 4.78 is 42.8. The van der Waals surface area contributed by atoms with E-state index in [1.807, 2.05) is 0 Å². The number of amides is 1. The second-order valence-electron chi connectivity index (χ2n) is 9.19. The van der Waals surface area contributed by atoms with Gasteiger partial charge in [-0.15, -0.1) is 6.58 Å². The van der Waals surface area contributed by atoms with E-state index in [1.54, 1.807) is 36.1 Å². The maximum atomic E-state index is 14.3. The molecule has 1 amide bonds. The summed E-state index contributed by atoms with van der Waals surface area (Å²) in [5.41, 5.74) is -2.09. The highest BCUT2D eigenvalue weighted by Gasteiger charge is 2.62. The summed E-state index contributed by atoms with van der Waals surface area (Å²) in [5.74, 6) is -0.275. The summed E-state index contributed by atoms with van der Waals surface area (Å²) in [4.78, 5) is 19.9. The highest BCUT2D eigenvalue weighted by atomic mass is 35.5. The molecule has 2 aromatic rings. The molecule has 5 nitrogen and oxygen atoms in total. The van der Waals surface area contributed by atoms with Crippen LogP contribution in [0.25, 0.3) is 0 Å². The standard InChI is InChI=1S/C26H22Cl2F3N3O2/c1-3-8-34(15-24(14-32)6-7-24)23(35)21-5-4-17(9-16(21)2)22-13-25(36-33-22,26(29,30)31)18-10-19(27)12-20(28)11-18/h3-5,9-12H,1,6-8,13,15H2,2H3. The summed E-state index contributed by atoms with van der Waals surface area (Å²) in [5, 5.41) is 13.3. The Hall–Kier alpha value is -3.02. The normalized spacial score (nSPS) is 20.2. The molecule has 1 unspecified atom stereocenters. The van der Waals surface area contributed by atoms with E-state index >= 15 is 0 Å². The van der Waals surface area contributed by atoms with Crippen molar-refractivity contribution < 1.29 is 22.8 Å². The quantitative estimate of drug-likeness (QED) is 0.365. The molecule has 2 aliphatic rings. The molecule has 0 saturated heterocycles. The summed E-state index contributed by atoms with van der Waals surface area (Å²) in [6.45, 7) is 5.97. The molecule has 2 aromatic carbocycles. The third kappa shape index (κ3) is 4.82. The lowest BCUT2D eigenvalue weighted by Gasteiger charge is -2.29. The van der Waals surface area contributed by atoms with Gasteiger partial charge < -0.3 is 9.74 Å². The van der Waals surface area contributed by atoms with Crippen molar-refractivity contribution in [2.45, 2.75) is 38.0 Å². The van der Waals surface area contributed by atoms with Crippen LogP contribution in [-0.2, 0) is 10.4 Å². The lowest BCUT2D eigenvalue weighted by atomic mass is 9.86. The minimum Gasteiger partial charge on any atom is -0.374 e. The molecular formula is C26H22Cl2F3N3O2. The van der Waals surface area contributed by atoms with Gasteiger partial charge in [-0.2, -0.15) is 18.4 Å². The molecule has 36 heavy (non-hydrogen) atoms. The van der Waals surface area contributed by atoms with Crippen LogP contribution in [0.1, 0.15) is 46.3 Å². The molecule has 10 heteroatoms. The molecule has 1 aliphatic heterocycles. The summed E-state index contributed by atoms with van der Waals surface area (Å²) in [6, 6.07) is 10.7. The van der Waals surface area contributed by atoms with Gasteiger partial charge in [-0.3, -0.25) is 4.79 Å². The van der Waals surface area contributed by atoms with Gasteiger partial charge in [0.1, 0.15) is 0 Å². The van der Waals surface area contributed by atoms with Gasteiger partial charge in [-0.1, -0.05) is 40.5 Å². The first-order valence-corrected chi connectivity index (χ1v) is 11.9. The number of aryl methyl sites for hydroxylation is 1. The fraction of sp³-hybridized carbons (Fsp3) is 0.346. The monoisotopic (exact) mass is 535 g/mol. The maximum Gasteiger partial charge on any atom is 0.435 e. The van der Waals surface area contributed by atoms with Crippen LogP contribution in [0.15, 0.2) is 54.2 Å². The molecule has 0 bridgehead atoms. The lowest BCUT2D eigenvalue weighted by Crippen LogP contribution is -2.42. The minimum atomic E-state index is -4.80. The summed E-state index contributed by atoms with van der Waals surface area (Å²) in [7, 11) is 0. The highest BCUT2D eigenvalue weighted by Crippen LogP contribution is 2.50. The van der Waals surface area contributed by atoms with Crippen molar-refractivity contribution in [1.29, 1.82) is 5.26 Å². The third-order valence-corrected chi connectivity index (χ3v) is 6.96. The van der Waals surface area contributed by atoms with E-state index in [4.69, 9.17) is 28.0 Å². The lowest BCUT2D eigenvalue weighted by molar-refractivity contribution is -0.275. The maximum absolute atomic E-state index is 14.3. The molecule has 188 valence electrons. The zero-order valence-electron chi connectivity index (χ0n) is 19.3. The van der Waals surface area contributed by atoms with Crippen LogP contribution in [-0.4, -0.2) is 35.8 Å². The number of halogens is 5. The number of nitriles is 1. The van der Waals surface area contributed by atoms with Gasteiger partial charge >= 0.3 is 6.18 Å². The van der Waals surface area contributed by atoms with E-state index in [2.05, 4.69) is 17.8 Å². The Balaban J connectivity index is 1.61. The van der Waals surface area contributed by atoms with Gasteiger partial charge in [0, 0.05) is 40.7 Å². The molecule has 1 atom stereocenters. The molecule has 0 N–H and O–H groups in total. The Morgan fingerprint density at radius 3 is 2.44 bits per heavy atom. The number of hydrogen-bond acceptors (Lipinski definition) is 4. The number of alkyl halides is 3. The SMILES string of the molecule is C=CCN(CC1(C#N)CC1)C(=O)c1ccc(C2=NOC(c3cc(Cl)cc(Cl)c3)(C(F)(F)F)C2)cc1C. The molecule has 0 radical (unpaired) electrons. The van der Waals surface area contributed by atoms with E-state index < -0.39 is 23.6 Å². The van der Waals surface area contributed by atoms with Crippen molar-refractivity contribution in [3.63, 3.8) is 0 Å². The van der Waals surface area contributed by atoms with Crippen LogP contribution in [0.3, 0.4) is 0 Å². The Bertz CT molecular complexity index is 1280. The number of oxime groups is 1. The van der Waals surface area contributed by atoms with Crippen molar-refractivity contribution >= 4 is 34.8 Å². The molecule has 1 heterocycles. The predicted octanol–water partition coefficient (Wildman–Crippen LogP) is 6.82. The zero-order valence-corrected chi connectivity index (χ0v) is 20.8. The van der Waals surface area contributed by atoms with E-state index in [0.717, 1.165) is 25.0 Å². The van der Waals surface area contributed by atoms with Crippen molar-refractivity contribution in [1.82, 2.24) is 4.90 Å². The topological polar surface area (TPSA) is 65.7 Å². The zero-order chi connectivity index (χ0) is 26.3. The fourth-order valence-corrected chi connectivity index (χ4v) is 4.82. The number of benzene rings is 2. The number of hydrogen-bond donors (Lipinski definition) is 0. The minimum absolute atomic E-state index is 0.0466. The smallest absolute Gasteiger partial charge is 0.374 e. The molecule has 1 aliphatic carbocycles.